The predicted octanol–water partition coefficient (Wildman–Crippen LogP) is 3.84. The quantitative estimate of drug-likeness (QED) is 0.868. The van der Waals surface area contributed by atoms with Crippen LogP contribution < -0.4 is 0 Å². The number of nitrogens with one attached hydrogen (secondary N) is 1. The number of hydrogen-bond donors (Lipinski definition) is 1. The second-order valence-corrected chi connectivity index (χ2v) is 5.34. The van der Waals surface area contributed by atoms with Gasteiger partial charge in [0.1, 0.15) is 5.82 Å². The van der Waals surface area contributed by atoms with Gasteiger partial charge in [-0.2, -0.15) is 5.10 Å². The average molecular weight is 275 g/mol. The fourth-order valence-corrected chi connectivity index (χ4v) is 2.32. The summed E-state index contributed by atoms with van der Waals surface area (Å²) in [4.78, 5) is 2.41. The van der Waals surface area contributed by atoms with Gasteiger partial charge in [0.2, 0.25) is 0 Å². The van der Waals surface area contributed by atoms with Crippen molar-refractivity contribution in [3.8, 4) is 11.3 Å². The van der Waals surface area contributed by atoms with Crippen molar-refractivity contribution in [1.29, 1.82) is 0 Å². The number of rotatable bonds is 6. The fourth-order valence-electron chi connectivity index (χ4n) is 2.32. The van der Waals surface area contributed by atoms with Crippen LogP contribution in [0.25, 0.3) is 11.3 Å². The summed E-state index contributed by atoms with van der Waals surface area (Å²) in [5.74, 6) is -0.218. The number of hydrogen-bond acceptors (Lipinski definition) is 2. The van der Waals surface area contributed by atoms with Crippen LogP contribution in [-0.2, 0) is 6.54 Å². The maximum atomic E-state index is 13.0. The molecule has 0 unspecified atom stereocenters. The van der Waals surface area contributed by atoms with Crippen molar-refractivity contribution in [3.05, 3.63) is 41.8 Å². The molecule has 4 heteroatoms. The highest BCUT2D eigenvalue weighted by Gasteiger charge is 2.14. The van der Waals surface area contributed by atoms with Gasteiger partial charge in [0, 0.05) is 23.7 Å². The lowest BCUT2D eigenvalue weighted by atomic mass is 10.1. The van der Waals surface area contributed by atoms with E-state index in [0.29, 0.717) is 6.04 Å². The maximum Gasteiger partial charge on any atom is 0.123 e. The van der Waals surface area contributed by atoms with E-state index in [9.17, 15) is 4.39 Å². The summed E-state index contributed by atoms with van der Waals surface area (Å²) in [6.45, 7) is 8.51. The summed E-state index contributed by atoms with van der Waals surface area (Å²) >= 11 is 0. The van der Waals surface area contributed by atoms with E-state index in [1.54, 1.807) is 12.1 Å². The summed E-state index contributed by atoms with van der Waals surface area (Å²) in [7, 11) is 0. The van der Waals surface area contributed by atoms with Crippen LogP contribution >= 0.6 is 0 Å². The monoisotopic (exact) mass is 275 g/mol. The minimum atomic E-state index is -0.218. The van der Waals surface area contributed by atoms with E-state index in [1.807, 2.05) is 6.20 Å². The van der Waals surface area contributed by atoms with Crippen LogP contribution in [0.1, 0.15) is 32.8 Å². The van der Waals surface area contributed by atoms with Crippen LogP contribution in [0.15, 0.2) is 30.5 Å². The standard InChI is InChI=1S/C16H22FN3/c1-4-9-20(12(2)3)11-14-10-18-19-16(14)13-5-7-15(17)8-6-13/h5-8,10,12H,4,9,11H2,1-3H3,(H,18,19). The van der Waals surface area contributed by atoms with Gasteiger partial charge in [-0.3, -0.25) is 10.00 Å². The number of halogens is 1. The molecule has 0 bridgehead atoms. The zero-order valence-corrected chi connectivity index (χ0v) is 12.4. The molecule has 0 saturated carbocycles. The molecule has 108 valence electrons. The molecule has 0 spiro atoms. The second-order valence-electron chi connectivity index (χ2n) is 5.34. The van der Waals surface area contributed by atoms with Gasteiger partial charge >= 0.3 is 0 Å². The molecule has 2 aromatic rings. The van der Waals surface area contributed by atoms with Crippen molar-refractivity contribution >= 4 is 0 Å². The van der Waals surface area contributed by atoms with Crippen molar-refractivity contribution in [2.24, 2.45) is 0 Å². The Kier molecular flexibility index (Phi) is 4.90. The van der Waals surface area contributed by atoms with Crippen LogP contribution in [0.5, 0.6) is 0 Å². The zero-order valence-electron chi connectivity index (χ0n) is 12.4. The summed E-state index contributed by atoms with van der Waals surface area (Å²) in [5, 5.41) is 7.18. The molecule has 0 radical (unpaired) electrons. The molecule has 1 N–H and O–H groups in total. The lowest BCUT2D eigenvalue weighted by Crippen LogP contribution is -2.31. The van der Waals surface area contributed by atoms with E-state index in [4.69, 9.17) is 0 Å². The Labute approximate surface area is 119 Å². The van der Waals surface area contributed by atoms with E-state index in [-0.39, 0.29) is 5.82 Å². The summed E-state index contributed by atoms with van der Waals surface area (Å²) < 4.78 is 13.0. The second kappa shape index (κ2) is 6.66. The van der Waals surface area contributed by atoms with Crippen LogP contribution in [0.4, 0.5) is 4.39 Å². The molecular weight excluding hydrogens is 253 g/mol. The smallest absolute Gasteiger partial charge is 0.123 e. The SMILES string of the molecule is CCCN(Cc1cn[nH]c1-c1ccc(F)cc1)C(C)C. The molecule has 0 fully saturated rings. The molecular formula is C16H22FN3. The van der Waals surface area contributed by atoms with E-state index >= 15 is 0 Å². The summed E-state index contributed by atoms with van der Waals surface area (Å²) in [6.07, 6.45) is 2.99. The van der Waals surface area contributed by atoms with Gasteiger partial charge in [-0.15, -0.1) is 0 Å². The van der Waals surface area contributed by atoms with Crippen LogP contribution in [0.2, 0.25) is 0 Å². The van der Waals surface area contributed by atoms with Gasteiger partial charge < -0.3 is 0 Å². The van der Waals surface area contributed by atoms with Crippen molar-refractivity contribution in [2.75, 3.05) is 6.54 Å². The van der Waals surface area contributed by atoms with E-state index in [1.165, 1.54) is 12.1 Å². The fraction of sp³-hybridized carbons (Fsp3) is 0.438. The largest absolute Gasteiger partial charge is 0.297 e. The first-order chi connectivity index (χ1) is 9.61. The first kappa shape index (κ1) is 14.7. The molecule has 2 rings (SSSR count). The van der Waals surface area contributed by atoms with Gasteiger partial charge in [-0.05, 0) is 51.1 Å². The van der Waals surface area contributed by atoms with Gasteiger partial charge in [-0.25, -0.2) is 4.39 Å². The Morgan fingerprint density at radius 3 is 2.55 bits per heavy atom. The average Bonchev–Trinajstić information content (AvgIpc) is 2.87. The number of aromatic nitrogens is 2. The molecule has 0 aliphatic carbocycles. The molecule has 0 saturated heterocycles. The van der Waals surface area contributed by atoms with E-state index in [2.05, 4.69) is 35.9 Å². The molecule has 0 atom stereocenters. The first-order valence-corrected chi connectivity index (χ1v) is 7.14. The first-order valence-electron chi connectivity index (χ1n) is 7.14. The lowest BCUT2D eigenvalue weighted by molar-refractivity contribution is 0.213. The van der Waals surface area contributed by atoms with E-state index in [0.717, 1.165) is 36.3 Å². The predicted molar refractivity (Wildman–Crippen MR) is 79.8 cm³/mol. The Morgan fingerprint density at radius 1 is 1.25 bits per heavy atom. The topological polar surface area (TPSA) is 31.9 Å². The number of H-pyrrole nitrogens is 1. The van der Waals surface area contributed by atoms with Crippen molar-refractivity contribution in [3.63, 3.8) is 0 Å². The van der Waals surface area contributed by atoms with Gasteiger partial charge in [0.15, 0.2) is 0 Å². The van der Waals surface area contributed by atoms with Crippen LogP contribution in [0.3, 0.4) is 0 Å². The van der Waals surface area contributed by atoms with Gasteiger partial charge in [0.25, 0.3) is 0 Å². The number of benzene rings is 1. The van der Waals surface area contributed by atoms with Gasteiger partial charge in [0.05, 0.1) is 11.9 Å². The highest BCUT2D eigenvalue weighted by molar-refractivity contribution is 5.62. The molecule has 0 amide bonds. The van der Waals surface area contributed by atoms with Crippen molar-refractivity contribution in [1.82, 2.24) is 15.1 Å². The van der Waals surface area contributed by atoms with Crippen molar-refractivity contribution in [2.45, 2.75) is 39.8 Å². The highest BCUT2D eigenvalue weighted by atomic mass is 19.1. The summed E-state index contributed by atoms with van der Waals surface area (Å²) in [5.41, 5.74) is 3.10. The third kappa shape index (κ3) is 3.45. The number of aromatic amines is 1. The lowest BCUT2D eigenvalue weighted by Gasteiger charge is -2.25. The molecule has 1 aromatic heterocycles. The molecule has 0 aliphatic heterocycles. The Hall–Kier alpha value is -1.68. The third-order valence-corrected chi connectivity index (χ3v) is 3.47. The molecule has 0 aliphatic rings. The number of nitrogens with zero attached hydrogens (tertiary/aromatic N) is 2. The normalized spacial score (nSPS) is 11.5. The minimum Gasteiger partial charge on any atom is -0.297 e. The minimum absolute atomic E-state index is 0.218. The Bertz CT molecular complexity index is 531. The van der Waals surface area contributed by atoms with Gasteiger partial charge in [-0.1, -0.05) is 6.92 Å². The third-order valence-electron chi connectivity index (χ3n) is 3.47. The van der Waals surface area contributed by atoms with E-state index < -0.39 is 0 Å². The highest BCUT2D eigenvalue weighted by Crippen LogP contribution is 2.23. The maximum absolute atomic E-state index is 13.0. The van der Waals surface area contributed by atoms with Crippen LogP contribution in [0, 0.1) is 5.82 Å². The van der Waals surface area contributed by atoms with Crippen LogP contribution in [-0.4, -0.2) is 27.7 Å². The molecule has 3 nitrogen and oxygen atoms in total. The summed E-state index contributed by atoms with van der Waals surface area (Å²) in [6, 6.07) is 7.02. The van der Waals surface area contributed by atoms with Crippen molar-refractivity contribution < 1.29 is 4.39 Å². The molecule has 1 aromatic carbocycles. The Balaban J connectivity index is 2.21. The molecule has 1 heterocycles. The Morgan fingerprint density at radius 2 is 1.95 bits per heavy atom. The molecule has 20 heavy (non-hydrogen) atoms. The zero-order chi connectivity index (χ0) is 14.5.